The van der Waals surface area contributed by atoms with Gasteiger partial charge in [0.2, 0.25) is 0 Å². The highest BCUT2D eigenvalue weighted by molar-refractivity contribution is 7.81. The molecule has 0 amide bonds. The highest BCUT2D eigenvalue weighted by atomic mass is 32.1. The molecule has 0 spiro atoms. The first kappa shape index (κ1) is 14.5. The molecular formula is C19H15NOS. The van der Waals surface area contributed by atoms with Gasteiger partial charge in [0.1, 0.15) is 5.69 Å². The summed E-state index contributed by atoms with van der Waals surface area (Å²) < 4.78 is 0. The van der Waals surface area contributed by atoms with E-state index in [2.05, 4.69) is 17.6 Å². The Morgan fingerprint density at radius 1 is 0.818 bits per heavy atom. The molecule has 0 N–H and O–H groups in total. The van der Waals surface area contributed by atoms with Gasteiger partial charge in [-0.3, -0.25) is 4.79 Å². The van der Waals surface area contributed by atoms with E-state index in [1.54, 1.807) is 0 Å². The number of ketones is 1. The van der Waals surface area contributed by atoms with Crippen LogP contribution in [0.2, 0.25) is 0 Å². The largest absolute Gasteiger partial charge is 0.292 e. The van der Waals surface area contributed by atoms with Crippen molar-refractivity contribution in [1.29, 1.82) is 0 Å². The number of thiol groups is 1. The second-order valence-electron chi connectivity index (χ2n) is 4.94. The molecule has 1 heterocycles. The summed E-state index contributed by atoms with van der Waals surface area (Å²) in [4.78, 5) is 16.5. The van der Waals surface area contributed by atoms with E-state index in [0.29, 0.717) is 5.69 Å². The molecule has 2 aromatic carbocycles. The third-order valence-electron chi connectivity index (χ3n) is 3.43. The lowest BCUT2D eigenvalue weighted by Gasteiger charge is -2.08. The molecule has 3 aromatic rings. The van der Waals surface area contributed by atoms with Crippen molar-refractivity contribution < 1.29 is 4.79 Å². The van der Waals surface area contributed by atoms with Gasteiger partial charge in [-0.25, -0.2) is 4.98 Å². The summed E-state index contributed by atoms with van der Waals surface area (Å²) in [7, 11) is 0. The maximum atomic E-state index is 12.0. The van der Waals surface area contributed by atoms with Gasteiger partial charge in [0.15, 0.2) is 5.78 Å². The van der Waals surface area contributed by atoms with Gasteiger partial charge in [-0.1, -0.05) is 60.7 Å². The molecule has 22 heavy (non-hydrogen) atoms. The first-order valence-corrected chi connectivity index (χ1v) is 7.68. The fourth-order valence-electron chi connectivity index (χ4n) is 2.31. The number of carbonyl (C=O) groups is 1. The summed E-state index contributed by atoms with van der Waals surface area (Å²) in [6, 6.07) is 23.7. The van der Waals surface area contributed by atoms with Crippen molar-refractivity contribution in [2.75, 3.05) is 5.75 Å². The third-order valence-corrected chi connectivity index (χ3v) is 3.72. The number of hydrogen-bond acceptors (Lipinski definition) is 3. The van der Waals surface area contributed by atoms with Gasteiger partial charge in [-0.2, -0.15) is 12.6 Å². The molecule has 3 heteroatoms. The summed E-state index contributed by atoms with van der Waals surface area (Å²) in [5.41, 5.74) is 4.30. The molecule has 0 aliphatic rings. The smallest absolute Gasteiger partial charge is 0.190 e. The number of Topliss-reactive ketones (excluding diaryl/α,β-unsaturated/α-hetero) is 1. The SMILES string of the molecule is O=C(CS)c1cc(-c2ccccc2)cc(-c2ccccc2)n1. The second kappa shape index (κ2) is 6.58. The average molecular weight is 305 g/mol. The fraction of sp³-hybridized carbons (Fsp3) is 0.0526. The van der Waals surface area contributed by atoms with E-state index in [1.807, 2.05) is 72.8 Å². The number of carbonyl (C=O) groups excluding carboxylic acids is 1. The maximum absolute atomic E-state index is 12.0. The van der Waals surface area contributed by atoms with Gasteiger partial charge in [0.25, 0.3) is 0 Å². The summed E-state index contributed by atoms with van der Waals surface area (Å²) in [5, 5.41) is 0. The fourth-order valence-corrected chi connectivity index (χ4v) is 2.47. The van der Waals surface area contributed by atoms with Crippen LogP contribution in [0, 0.1) is 0 Å². The van der Waals surface area contributed by atoms with Gasteiger partial charge in [-0.15, -0.1) is 0 Å². The summed E-state index contributed by atoms with van der Waals surface area (Å²) in [6.07, 6.45) is 0. The molecule has 0 aliphatic carbocycles. The van der Waals surface area contributed by atoms with Gasteiger partial charge in [0, 0.05) is 5.56 Å². The third kappa shape index (κ3) is 3.10. The van der Waals surface area contributed by atoms with Crippen LogP contribution in [-0.2, 0) is 0 Å². The van der Waals surface area contributed by atoms with Crippen molar-refractivity contribution in [3.8, 4) is 22.4 Å². The molecule has 0 aliphatic heterocycles. The highest BCUT2D eigenvalue weighted by Crippen LogP contribution is 2.26. The van der Waals surface area contributed by atoms with E-state index in [9.17, 15) is 4.79 Å². The average Bonchev–Trinajstić information content (AvgIpc) is 2.62. The number of benzene rings is 2. The van der Waals surface area contributed by atoms with Gasteiger partial charge < -0.3 is 0 Å². The van der Waals surface area contributed by atoms with Gasteiger partial charge in [0.05, 0.1) is 11.4 Å². The Balaban J connectivity index is 2.17. The van der Waals surface area contributed by atoms with Crippen molar-refractivity contribution in [3.05, 3.63) is 78.5 Å². The van der Waals surface area contributed by atoms with Crippen LogP contribution < -0.4 is 0 Å². The van der Waals surface area contributed by atoms with Crippen LogP contribution in [0.5, 0.6) is 0 Å². The lowest BCUT2D eigenvalue weighted by atomic mass is 10.0. The van der Waals surface area contributed by atoms with Crippen LogP contribution >= 0.6 is 12.6 Å². The van der Waals surface area contributed by atoms with E-state index in [1.165, 1.54) is 0 Å². The Bertz CT molecular complexity index is 727. The number of aromatic nitrogens is 1. The summed E-state index contributed by atoms with van der Waals surface area (Å²) >= 11 is 4.08. The number of rotatable bonds is 4. The Kier molecular flexibility index (Phi) is 4.35. The van der Waals surface area contributed by atoms with Crippen LogP contribution in [0.3, 0.4) is 0 Å². The molecular weight excluding hydrogens is 290 g/mol. The minimum absolute atomic E-state index is 0.0710. The Labute approximate surface area is 135 Å². The molecule has 2 nitrogen and oxygen atoms in total. The lowest BCUT2D eigenvalue weighted by molar-refractivity contribution is 0.101. The minimum atomic E-state index is -0.0710. The Morgan fingerprint density at radius 3 is 2.00 bits per heavy atom. The first-order valence-electron chi connectivity index (χ1n) is 7.05. The van der Waals surface area contributed by atoms with Gasteiger partial charge >= 0.3 is 0 Å². The van der Waals surface area contributed by atoms with Crippen molar-refractivity contribution in [2.45, 2.75) is 0 Å². The molecule has 0 bridgehead atoms. The monoisotopic (exact) mass is 305 g/mol. The van der Waals surface area contributed by atoms with Crippen LogP contribution in [0.4, 0.5) is 0 Å². The molecule has 108 valence electrons. The first-order chi connectivity index (χ1) is 10.8. The summed E-state index contributed by atoms with van der Waals surface area (Å²) in [5.74, 6) is 0.0812. The molecule has 0 radical (unpaired) electrons. The minimum Gasteiger partial charge on any atom is -0.292 e. The van der Waals surface area contributed by atoms with Crippen LogP contribution in [0.1, 0.15) is 10.5 Å². The van der Waals surface area contributed by atoms with Crippen LogP contribution in [0.15, 0.2) is 72.8 Å². The number of pyridine rings is 1. The Hall–Kier alpha value is -2.39. The zero-order valence-corrected chi connectivity index (χ0v) is 12.8. The quantitative estimate of drug-likeness (QED) is 0.567. The molecule has 0 fully saturated rings. The Morgan fingerprint density at radius 2 is 1.41 bits per heavy atom. The number of nitrogens with zero attached hydrogens (tertiary/aromatic N) is 1. The molecule has 0 unspecified atom stereocenters. The standard InChI is InChI=1S/C19H15NOS/c21-19(13-22)18-12-16(14-7-3-1-4-8-14)11-17(20-18)15-9-5-2-6-10-15/h1-12,22H,13H2. The maximum Gasteiger partial charge on any atom is 0.190 e. The predicted octanol–water partition coefficient (Wildman–Crippen LogP) is 4.53. The zero-order chi connectivity index (χ0) is 15.4. The zero-order valence-electron chi connectivity index (χ0n) is 11.9. The van der Waals surface area contributed by atoms with E-state index < -0.39 is 0 Å². The van der Waals surface area contributed by atoms with Crippen molar-refractivity contribution >= 4 is 18.4 Å². The highest BCUT2D eigenvalue weighted by Gasteiger charge is 2.11. The second-order valence-corrected chi connectivity index (χ2v) is 5.26. The normalized spacial score (nSPS) is 10.4. The topological polar surface area (TPSA) is 30.0 Å². The van der Waals surface area contributed by atoms with Crippen LogP contribution in [0.25, 0.3) is 22.4 Å². The molecule has 0 saturated carbocycles. The van der Waals surface area contributed by atoms with E-state index in [0.717, 1.165) is 22.4 Å². The van der Waals surface area contributed by atoms with Crippen molar-refractivity contribution in [3.63, 3.8) is 0 Å². The molecule has 0 atom stereocenters. The molecule has 3 rings (SSSR count). The van der Waals surface area contributed by atoms with Crippen molar-refractivity contribution in [1.82, 2.24) is 4.98 Å². The molecule has 1 aromatic heterocycles. The van der Waals surface area contributed by atoms with Gasteiger partial charge in [-0.05, 0) is 23.3 Å². The summed E-state index contributed by atoms with van der Waals surface area (Å²) in [6.45, 7) is 0. The molecule has 0 saturated heterocycles. The lowest BCUT2D eigenvalue weighted by Crippen LogP contribution is -2.05. The van der Waals surface area contributed by atoms with Crippen molar-refractivity contribution in [2.24, 2.45) is 0 Å². The van der Waals surface area contributed by atoms with Crippen LogP contribution in [-0.4, -0.2) is 16.5 Å². The predicted molar refractivity (Wildman–Crippen MR) is 93.3 cm³/mol. The van der Waals surface area contributed by atoms with E-state index in [-0.39, 0.29) is 11.5 Å². The number of hydrogen-bond donors (Lipinski definition) is 1. The van der Waals surface area contributed by atoms with E-state index in [4.69, 9.17) is 0 Å². The van der Waals surface area contributed by atoms with E-state index >= 15 is 0 Å².